The molecule has 0 atom stereocenters. The van der Waals surface area contributed by atoms with Crippen LogP contribution in [0.4, 0.5) is 5.69 Å². The number of hydrogen-bond donors (Lipinski definition) is 1. The Kier molecular flexibility index (Phi) is 3.65. The van der Waals surface area contributed by atoms with E-state index in [1.54, 1.807) is 0 Å². The van der Waals surface area contributed by atoms with Crippen LogP contribution in [-0.2, 0) is 11.2 Å². The van der Waals surface area contributed by atoms with E-state index in [1.807, 2.05) is 24.3 Å². The Labute approximate surface area is 84.5 Å². The Morgan fingerprint density at radius 2 is 1.93 bits per heavy atom. The fourth-order valence-electron chi connectivity index (χ4n) is 1.34. The predicted molar refractivity (Wildman–Crippen MR) is 57.7 cm³/mol. The second kappa shape index (κ2) is 4.77. The third-order valence-corrected chi connectivity index (χ3v) is 1.99. The van der Waals surface area contributed by atoms with Crippen LogP contribution in [0, 0.1) is 5.92 Å². The summed E-state index contributed by atoms with van der Waals surface area (Å²) < 4.78 is 0. The zero-order valence-corrected chi connectivity index (χ0v) is 8.60. The molecule has 3 nitrogen and oxygen atoms in total. The molecular formula is C11H16N2O. The van der Waals surface area contributed by atoms with Crippen LogP contribution in [0.15, 0.2) is 24.3 Å². The lowest BCUT2D eigenvalue weighted by atomic mass is 10.0. The molecule has 0 bridgehead atoms. The van der Waals surface area contributed by atoms with E-state index >= 15 is 0 Å². The molecule has 2 N–H and O–H groups in total. The van der Waals surface area contributed by atoms with Gasteiger partial charge in [0.2, 0.25) is 6.41 Å². The van der Waals surface area contributed by atoms with Crippen LogP contribution in [0.1, 0.15) is 19.4 Å². The summed E-state index contributed by atoms with van der Waals surface area (Å²) in [7, 11) is 0. The first-order valence-electron chi connectivity index (χ1n) is 4.71. The molecule has 1 aromatic rings. The number of benzene rings is 1. The van der Waals surface area contributed by atoms with Gasteiger partial charge >= 0.3 is 0 Å². The van der Waals surface area contributed by atoms with E-state index in [9.17, 15) is 4.79 Å². The number of hydrogen-bond acceptors (Lipinski definition) is 2. The van der Waals surface area contributed by atoms with E-state index in [2.05, 4.69) is 13.8 Å². The number of carbonyl (C=O) groups is 1. The third-order valence-electron chi connectivity index (χ3n) is 1.99. The second-order valence-corrected chi connectivity index (χ2v) is 3.78. The number of hydrazine groups is 1. The normalized spacial score (nSPS) is 10.3. The number of anilines is 1. The summed E-state index contributed by atoms with van der Waals surface area (Å²) >= 11 is 0. The number of rotatable bonds is 4. The maximum absolute atomic E-state index is 10.4. The first kappa shape index (κ1) is 10.7. The van der Waals surface area contributed by atoms with Crippen molar-refractivity contribution in [3.63, 3.8) is 0 Å². The van der Waals surface area contributed by atoms with Crippen molar-refractivity contribution < 1.29 is 4.79 Å². The Balaban J connectivity index is 2.73. The van der Waals surface area contributed by atoms with Crippen LogP contribution < -0.4 is 10.9 Å². The van der Waals surface area contributed by atoms with E-state index in [0.29, 0.717) is 18.0 Å². The van der Waals surface area contributed by atoms with Crippen molar-refractivity contribution >= 4 is 12.1 Å². The highest BCUT2D eigenvalue weighted by molar-refractivity contribution is 5.73. The first-order valence-corrected chi connectivity index (χ1v) is 4.71. The van der Waals surface area contributed by atoms with Gasteiger partial charge in [-0.05, 0) is 30.0 Å². The smallest absolute Gasteiger partial charge is 0.228 e. The zero-order valence-electron chi connectivity index (χ0n) is 8.60. The summed E-state index contributed by atoms with van der Waals surface area (Å²) in [6.45, 7) is 4.35. The number of carbonyl (C=O) groups excluding carboxylic acids is 1. The Hall–Kier alpha value is -1.35. The SMILES string of the molecule is CC(C)Cc1ccc(N(N)C=O)cc1. The van der Waals surface area contributed by atoms with Gasteiger partial charge in [0.1, 0.15) is 0 Å². The van der Waals surface area contributed by atoms with Gasteiger partial charge in [-0.15, -0.1) is 0 Å². The van der Waals surface area contributed by atoms with E-state index in [-0.39, 0.29) is 0 Å². The Morgan fingerprint density at radius 3 is 2.36 bits per heavy atom. The Morgan fingerprint density at radius 1 is 1.36 bits per heavy atom. The highest BCUT2D eigenvalue weighted by Gasteiger charge is 2.00. The monoisotopic (exact) mass is 192 g/mol. The van der Waals surface area contributed by atoms with E-state index < -0.39 is 0 Å². The lowest BCUT2D eigenvalue weighted by Crippen LogP contribution is -2.28. The van der Waals surface area contributed by atoms with Crippen LogP contribution >= 0.6 is 0 Å². The molecule has 0 aliphatic carbocycles. The largest absolute Gasteiger partial charge is 0.277 e. The topological polar surface area (TPSA) is 46.3 Å². The molecule has 0 radical (unpaired) electrons. The number of nitrogens with two attached hydrogens (primary N) is 1. The molecule has 0 saturated carbocycles. The second-order valence-electron chi connectivity index (χ2n) is 3.78. The van der Waals surface area contributed by atoms with Crippen LogP contribution in [-0.4, -0.2) is 6.41 Å². The minimum atomic E-state index is 0.595. The number of amides is 1. The molecule has 1 amide bonds. The fourth-order valence-corrected chi connectivity index (χ4v) is 1.34. The molecule has 0 heterocycles. The maximum atomic E-state index is 10.4. The van der Waals surface area contributed by atoms with Crippen molar-refractivity contribution in [2.45, 2.75) is 20.3 Å². The molecular weight excluding hydrogens is 176 g/mol. The van der Waals surface area contributed by atoms with Crippen molar-refractivity contribution in [1.29, 1.82) is 0 Å². The van der Waals surface area contributed by atoms with E-state index in [1.165, 1.54) is 5.56 Å². The highest BCUT2D eigenvalue weighted by Crippen LogP contribution is 2.14. The molecule has 76 valence electrons. The molecule has 0 aliphatic rings. The van der Waals surface area contributed by atoms with Crippen LogP contribution in [0.25, 0.3) is 0 Å². The van der Waals surface area contributed by atoms with Gasteiger partial charge < -0.3 is 0 Å². The fraction of sp³-hybridized carbons (Fsp3) is 0.364. The molecule has 1 rings (SSSR count). The first-order chi connectivity index (χ1) is 6.63. The summed E-state index contributed by atoms with van der Waals surface area (Å²) in [5.41, 5.74) is 1.98. The number of nitrogens with zero attached hydrogens (tertiary/aromatic N) is 1. The summed E-state index contributed by atoms with van der Waals surface area (Å²) in [5.74, 6) is 6.05. The lowest BCUT2D eigenvalue weighted by molar-refractivity contribution is -0.107. The molecule has 0 unspecified atom stereocenters. The average Bonchev–Trinajstić information content (AvgIpc) is 2.17. The van der Waals surface area contributed by atoms with E-state index in [4.69, 9.17) is 5.84 Å². The average molecular weight is 192 g/mol. The van der Waals surface area contributed by atoms with Crippen LogP contribution in [0.5, 0.6) is 0 Å². The molecule has 0 saturated heterocycles. The quantitative estimate of drug-likeness (QED) is 0.342. The summed E-state index contributed by atoms with van der Waals surface area (Å²) in [4.78, 5) is 10.4. The molecule has 1 aromatic carbocycles. The van der Waals surface area contributed by atoms with E-state index in [0.717, 1.165) is 11.4 Å². The minimum Gasteiger partial charge on any atom is -0.277 e. The van der Waals surface area contributed by atoms with Gasteiger partial charge in [-0.2, -0.15) is 0 Å². The van der Waals surface area contributed by atoms with Crippen LogP contribution in [0.2, 0.25) is 0 Å². The van der Waals surface area contributed by atoms with Crippen LogP contribution in [0.3, 0.4) is 0 Å². The molecule has 0 aliphatic heterocycles. The van der Waals surface area contributed by atoms with Gasteiger partial charge in [0.25, 0.3) is 0 Å². The van der Waals surface area contributed by atoms with Gasteiger partial charge in [0.05, 0.1) is 5.69 Å². The molecule has 0 spiro atoms. The third kappa shape index (κ3) is 2.85. The molecule has 3 heteroatoms. The summed E-state index contributed by atoms with van der Waals surface area (Å²) in [6.07, 6.45) is 1.64. The van der Waals surface area contributed by atoms with Gasteiger partial charge in [0, 0.05) is 0 Å². The van der Waals surface area contributed by atoms with Gasteiger partial charge in [-0.1, -0.05) is 26.0 Å². The van der Waals surface area contributed by atoms with Gasteiger partial charge in [-0.3, -0.25) is 9.80 Å². The maximum Gasteiger partial charge on any atom is 0.228 e. The van der Waals surface area contributed by atoms with Crippen molar-refractivity contribution in [3.8, 4) is 0 Å². The van der Waals surface area contributed by atoms with Gasteiger partial charge in [-0.25, -0.2) is 5.84 Å². The molecule has 0 aromatic heterocycles. The Bertz CT molecular complexity index is 293. The van der Waals surface area contributed by atoms with Crippen molar-refractivity contribution in [3.05, 3.63) is 29.8 Å². The molecule has 0 fully saturated rings. The van der Waals surface area contributed by atoms with Crippen molar-refractivity contribution in [2.75, 3.05) is 5.01 Å². The highest BCUT2D eigenvalue weighted by atomic mass is 16.1. The van der Waals surface area contributed by atoms with Crippen molar-refractivity contribution in [2.24, 2.45) is 11.8 Å². The molecule has 14 heavy (non-hydrogen) atoms. The lowest BCUT2D eigenvalue weighted by Gasteiger charge is -2.11. The standard InChI is InChI=1S/C11H16N2O/c1-9(2)7-10-3-5-11(6-4-10)13(12)8-14/h3-6,8-9H,7,12H2,1-2H3. The summed E-state index contributed by atoms with van der Waals surface area (Å²) in [6, 6.07) is 7.70. The zero-order chi connectivity index (χ0) is 10.6. The summed E-state index contributed by atoms with van der Waals surface area (Å²) in [5, 5.41) is 1.07. The van der Waals surface area contributed by atoms with Crippen molar-refractivity contribution in [1.82, 2.24) is 0 Å². The van der Waals surface area contributed by atoms with Gasteiger partial charge in [0.15, 0.2) is 0 Å². The minimum absolute atomic E-state index is 0.595. The predicted octanol–water partition coefficient (Wildman–Crippen LogP) is 1.72.